The van der Waals surface area contributed by atoms with Crippen LogP contribution in [0.5, 0.6) is 0 Å². The fourth-order valence-electron chi connectivity index (χ4n) is 2.54. The van der Waals surface area contributed by atoms with Gasteiger partial charge in [-0.3, -0.25) is 0 Å². The first kappa shape index (κ1) is 13.4. The third kappa shape index (κ3) is 2.27. The molecule has 0 amide bonds. The van der Waals surface area contributed by atoms with Crippen LogP contribution >= 0.6 is 0 Å². The number of aromatic nitrogens is 1. The van der Waals surface area contributed by atoms with E-state index < -0.39 is 10.0 Å². The lowest BCUT2D eigenvalue weighted by Gasteiger charge is -2.27. The van der Waals surface area contributed by atoms with Gasteiger partial charge in [-0.15, -0.1) is 0 Å². The zero-order valence-corrected chi connectivity index (χ0v) is 12.3. The summed E-state index contributed by atoms with van der Waals surface area (Å²) < 4.78 is 28.9. The lowest BCUT2D eigenvalue weighted by molar-refractivity contribution is 0.341. The van der Waals surface area contributed by atoms with Gasteiger partial charge >= 0.3 is 0 Å². The first-order valence-electron chi connectivity index (χ1n) is 6.84. The summed E-state index contributed by atoms with van der Waals surface area (Å²) in [7, 11) is -3.39. The highest BCUT2D eigenvalue weighted by molar-refractivity contribution is 7.89. The van der Waals surface area contributed by atoms with Gasteiger partial charge in [-0.2, -0.15) is 4.31 Å². The van der Waals surface area contributed by atoms with Gasteiger partial charge in [0.1, 0.15) is 0 Å². The van der Waals surface area contributed by atoms with Crippen molar-refractivity contribution in [3.63, 3.8) is 0 Å². The molecule has 20 heavy (non-hydrogen) atoms. The smallest absolute Gasteiger partial charge is 0.243 e. The summed E-state index contributed by atoms with van der Waals surface area (Å²) in [6, 6.07) is 11.1. The van der Waals surface area contributed by atoms with E-state index in [0.717, 1.165) is 17.7 Å². The van der Waals surface area contributed by atoms with Crippen LogP contribution in [-0.2, 0) is 29.5 Å². The van der Waals surface area contributed by atoms with Gasteiger partial charge in [-0.05, 0) is 36.2 Å². The summed E-state index contributed by atoms with van der Waals surface area (Å²) in [5, 5.41) is 0. The summed E-state index contributed by atoms with van der Waals surface area (Å²) in [5.41, 5.74) is 2.20. The summed E-state index contributed by atoms with van der Waals surface area (Å²) in [6.45, 7) is 3.75. The molecule has 0 spiro atoms. The molecule has 0 saturated carbocycles. The van der Waals surface area contributed by atoms with Crippen molar-refractivity contribution in [2.24, 2.45) is 0 Å². The SMILES string of the molecule is CCc1ccc(S(=O)(=O)N2CCn3cccc3C2)cc1. The maximum absolute atomic E-state index is 12.6. The van der Waals surface area contributed by atoms with Crippen LogP contribution in [0.3, 0.4) is 0 Å². The molecule has 0 radical (unpaired) electrons. The monoisotopic (exact) mass is 290 g/mol. The predicted molar refractivity (Wildman–Crippen MR) is 77.8 cm³/mol. The van der Waals surface area contributed by atoms with E-state index in [-0.39, 0.29) is 0 Å². The van der Waals surface area contributed by atoms with E-state index in [1.165, 1.54) is 0 Å². The fourth-order valence-corrected chi connectivity index (χ4v) is 3.94. The minimum atomic E-state index is -3.39. The second kappa shape index (κ2) is 5.07. The Hall–Kier alpha value is -1.59. The van der Waals surface area contributed by atoms with Gasteiger partial charge in [0.05, 0.1) is 11.4 Å². The molecular weight excluding hydrogens is 272 g/mol. The van der Waals surface area contributed by atoms with Crippen LogP contribution in [0, 0.1) is 0 Å². The van der Waals surface area contributed by atoms with Crippen LogP contribution in [0.2, 0.25) is 0 Å². The molecule has 1 aliphatic rings. The van der Waals surface area contributed by atoms with Gasteiger partial charge in [0.25, 0.3) is 0 Å². The number of benzene rings is 1. The molecule has 1 aliphatic heterocycles. The highest BCUT2D eigenvalue weighted by Gasteiger charge is 2.27. The number of hydrogen-bond donors (Lipinski definition) is 0. The Bertz CT molecular complexity index is 702. The van der Waals surface area contributed by atoms with Crippen LogP contribution in [0.1, 0.15) is 18.2 Å². The summed E-state index contributed by atoms with van der Waals surface area (Å²) in [4.78, 5) is 0.384. The van der Waals surface area contributed by atoms with E-state index in [0.29, 0.717) is 24.5 Å². The normalized spacial score (nSPS) is 16.1. The number of sulfonamides is 1. The molecule has 2 aromatic rings. The van der Waals surface area contributed by atoms with E-state index in [1.807, 2.05) is 30.5 Å². The van der Waals surface area contributed by atoms with E-state index in [9.17, 15) is 8.42 Å². The molecule has 106 valence electrons. The van der Waals surface area contributed by atoms with Crippen LogP contribution in [0.4, 0.5) is 0 Å². The average molecular weight is 290 g/mol. The number of hydrogen-bond acceptors (Lipinski definition) is 2. The van der Waals surface area contributed by atoms with Gasteiger partial charge in [0, 0.05) is 25.0 Å². The Labute approximate surface area is 119 Å². The van der Waals surface area contributed by atoms with E-state index in [1.54, 1.807) is 16.4 Å². The maximum atomic E-state index is 12.6. The van der Waals surface area contributed by atoms with Gasteiger partial charge in [0.15, 0.2) is 0 Å². The van der Waals surface area contributed by atoms with Crippen molar-refractivity contribution in [3.05, 3.63) is 53.9 Å². The summed E-state index contributed by atoms with van der Waals surface area (Å²) in [6.07, 6.45) is 2.91. The number of rotatable bonds is 3. The second-order valence-electron chi connectivity index (χ2n) is 5.03. The molecule has 0 N–H and O–H groups in total. The van der Waals surface area contributed by atoms with Gasteiger partial charge in [-0.1, -0.05) is 19.1 Å². The minimum absolute atomic E-state index is 0.384. The van der Waals surface area contributed by atoms with Crippen LogP contribution in [-0.4, -0.2) is 23.8 Å². The molecule has 0 saturated heterocycles. The molecule has 0 fully saturated rings. The molecule has 0 unspecified atom stereocenters. The first-order valence-corrected chi connectivity index (χ1v) is 8.28. The topological polar surface area (TPSA) is 42.3 Å². The molecule has 1 aromatic carbocycles. The molecule has 3 rings (SSSR count). The second-order valence-corrected chi connectivity index (χ2v) is 6.97. The molecule has 0 aliphatic carbocycles. The third-order valence-electron chi connectivity index (χ3n) is 3.82. The van der Waals surface area contributed by atoms with Gasteiger partial charge in [-0.25, -0.2) is 8.42 Å². The van der Waals surface area contributed by atoms with Gasteiger partial charge < -0.3 is 4.57 Å². The number of fused-ring (bicyclic) bond motifs is 1. The van der Waals surface area contributed by atoms with Crippen molar-refractivity contribution in [2.45, 2.75) is 31.3 Å². The lowest BCUT2D eigenvalue weighted by atomic mass is 10.2. The van der Waals surface area contributed by atoms with E-state index in [2.05, 4.69) is 11.5 Å². The fraction of sp³-hybridized carbons (Fsp3) is 0.333. The Morgan fingerprint density at radius 1 is 1.10 bits per heavy atom. The van der Waals surface area contributed by atoms with Crippen LogP contribution in [0.15, 0.2) is 47.5 Å². The lowest BCUT2D eigenvalue weighted by Crippen LogP contribution is -2.37. The van der Waals surface area contributed by atoms with E-state index >= 15 is 0 Å². The Kier molecular flexibility index (Phi) is 3.40. The molecule has 1 aromatic heterocycles. The van der Waals surface area contributed by atoms with Crippen molar-refractivity contribution >= 4 is 10.0 Å². The van der Waals surface area contributed by atoms with Crippen molar-refractivity contribution in [1.29, 1.82) is 0 Å². The number of aryl methyl sites for hydroxylation is 1. The standard InChI is InChI=1S/C15H18N2O2S/c1-2-13-5-7-15(8-6-13)20(18,19)17-11-10-16-9-3-4-14(16)12-17/h3-9H,2,10-12H2,1H3. The van der Waals surface area contributed by atoms with Crippen LogP contribution in [0.25, 0.3) is 0 Å². The molecule has 5 heteroatoms. The molecule has 0 bridgehead atoms. The van der Waals surface area contributed by atoms with Crippen molar-refractivity contribution < 1.29 is 8.42 Å². The third-order valence-corrected chi connectivity index (χ3v) is 5.68. The Morgan fingerprint density at radius 3 is 2.55 bits per heavy atom. The molecule has 2 heterocycles. The Morgan fingerprint density at radius 2 is 1.85 bits per heavy atom. The van der Waals surface area contributed by atoms with Gasteiger partial charge in [0.2, 0.25) is 10.0 Å². The summed E-state index contributed by atoms with van der Waals surface area (Å²) in [5.74, 6) is 0. The summed E-state index contributed by atoms with van der Waals surface area (Å²) >= 11 is 0. The molecule has 0 atom stereocenters. The minimum Gasteiger partial charge on any atom is -0.349 e. The van der Waals surface area contributed by atoms with Crippen molar-refractivity contribution in [1.82, 2.24) is 8.87 Å². The van der Waals surface area contributed by atoms with Crippen LogP contribution < -0.4 is 0 Å². The van der Waals surface area contributed by atoms with Crippen molar-refractivity contribution in [3.8, 4) is 0 Å². The number of nitrogens with zero attached hydrogens (tertiary/aromatic N) is 2. The highest BCUT2D eigenvalue weighted by atomic mass is 32.2. The average Bonchev–Trinajstić information content (AvgIpc) is 2.94. The van der Waals surface area contributed by atoms with E-state index in [4.69, 9.17) is 0 Å². The quantitative estimate of drug-likeness (QED) is 0.870. The largest absolute Gasteiger partial charge is 0.349 e. The Balaban J connectivity index is 1.88. The predicted octanol–water partition coefficient (Wildman–Crippen LogP) is 2.26. The zero-order valence-electron chi connectivity index (χ0n) is 11.5. The maximum Gasteiger partial charge on any atom is 0.243 e. The van der Waals surface area contributed by atoms with Crippen molar-refractivity contribution in [2.75, 3.05) is 6.54 Å². The zero-order chi connectivity index (χ0) is 14.2. The molecular formula is C15H18N2O2S. The first-order chi connectivity index (χ1) is 9.61. The highest BCUT2D eigenvalue weighted by Crippen LogP contribution is 2.22. The molecule has 4 nitrogen and oxygen atoms in total.